The van der Waals surface area contributed by atoms with Gasteiger partial charge in [-0.05, 0) is 50.0 Å². The predicted molar refractivity (Wildman–Crippen MR) is 68.4 cm³/mol. The largest absolute Gasteiger partial charge is 0.338 e. The van der Waals surface area contributed by atoms with Crippen LogP contribution in [0.25, 0.3) is 0 Å². The van der Waals surface area contributed by atoms with Crippen molar-refractivity contribution in [2.24, 2.45) is 11.7 Å². The van der Waals surface area contributed by atoms with E-state index in [4.69, 9.17) is 5.73 Å². The molecule has 0 aromatic carbocycles. The lowest BCUT2D eigenvalue weighted by Gasteiger charge is -2.25. The molecule has 1 amide bonds. The van der Waals surface area contributed by atoms with Gasteiger partial charge in [-0.3, -0.25) is 4.79 Å². The number of carbonyl (C=O) groups is 1. The van der Waals surface area contributed by atoms with Gasteiger partial charge in [-0.25, -0.2) is 0 Å². The molecule has 2 fully saturated rings. The Balaban J connectivity index is 1.82. The summed E-state index contributed by atoms with van der Waals surface area (Å²) in [4.78, 5) is 14.3. The fourth-order valence-corrected chi connectivity index (χ4v) is 2.45. The first-order chi connectivity index (χ1) is 7.72. The van der Waals surface area contributed by atoms with Crippen LogP contribution in [0.2, 0.25) is 0 Å². The van der Waals surface area contributed by atoms with Crippen molar-refractivity contribution in [3.05, 3.63) is 0 Å². The molecular weight excluding hydrogens is 220 g/mol. The molecule has 92 valence electrons. The number of amides is 1. The summed E-state index contributed by atoms with van der Waals surface area (Å²) in [6.07, 6.45) is 7.85. The number of rotatable bonds is 7. The van der Waals surface area contributed by atoms with Crippen molar-refractivity contribution in [1.29, 1.82) is 0 Å². The molecule has 2 saturated carbocycles. The van der Waals surface area contributed by atoms with Crippen LogP contribution in [-0.2, 0) is 4.79 Å². The summed E-state index contributed by atoms with van der Waals surface area (Å²) in [5.41, 5.74) is 5.96. The predicted octanol–water partition coefficient (Wildman–Crippen LogP) is 1.47. The molecule has 0 saturated heterocycles. The van der Waals surface area contributed by atoms with Crippen LogP contribution in [0.5, 0.6) is 0 Å². The minimum Gasteiger partial charge on any atom is -0.338 e. The van der Waals surface area contributed by atoms with Crippen LogP contribution in [0, 0.1) is 5.92 Å². The van der Waals surface area contributed by atoms with Gasteiger partial charge >= 0.3 is 0 Å². The number of hydrogen-bond donors (Lipinski definition) is 1. The zero-order valence-corrected chi connectivity index (χ0v) is 10.8. The Hall–Kier alpha value is -0.220. The summed E-state index contributed by atoms with van der Waals surface area (Å²) in [5, 5.41) is 0. The maximum Gasteiger partial charge on any atom is 0.239 e. The summed E-state index contributed by atoms with van der Waals surface area (Å²) >= 11 is 1.76. The topological polar surface area (TPSA) is 46.3 Å². The highest BCUT2D eigenvalue weighted by atomic mass is 32.2. The molecule has 3 nitrogen and oxygen atoms in total. The van der Waals surface area contributed by atoms with Gasteiger partial charge in [0.05, 0.1) is 6.04 Å². The highest BCUT2D eigenvalue weighted by Gasteiger charge is 2.37. The second-order valence-corrected chi connectivity index (χ2v) is 6.04. The molecule has 2 rings (SSSR count). The summed E-state index contributed by atoms with van der Waals surface area (Å²) in [6.45, 7) is 0.969. The molecule has 4 heteroatoms. The van der Waals surface area contributed by atoms with Gasteiger partial charge in [0.15, 0.2) is 0 Å². The lowest BCUT2D eigenvalue weighted by atomic mass is 10.2. The van der Waals surface area contributed by atoms with Crippen LogP contribution in [0.15, 0.2) is 0 Å². The zero-order valence-electron chi connectivity index (χ0n) is 10.0. The van der Waals surface area contributed by atoms with Crippen molar-refractivity contribution in [1.82, 2.24) is 4.90 Å². The van der Waals surface area contributed by atoms with E-state index in [2.05, 4.69) is 11.2 Å². The number of thioether (sulfide) groups is 1. The van der Waals surface area contributed by atoms with Crippen molar-refractivity contribution in [3.63, 3.8) is 0 Å². The molecule has 0 spiro atoms. The van der Waals surface area contributed by atoms with E-state index < -0.39 is 0 Å². The molecule has 2 aliphatic rings. The third-order valence-corrected chi connectivity index (χ3v) is 4.02. The first-order valence-electron chi connectivity index (χ1n) is 6.27. The van der Waals surface area contributed by atoms with Crippen molar-refractivity contribution in [3.8, 4) is 0 Å². The molecule has 1 atom stereocenters. The molecule has 0 heterocycles. The van der Waals surface area contributed by atoms with E-state index in [1.807, 2.05) is 0 Å². The van der Waals surface area contributed by atoms with Crippen molar-refractivity contribution < 1.29 is 4.79 Å². The van der Waals surface area contributed by atoms with Crippen LogP contribution >= 0.6 is 11.8 Å². The average Bonchev–Trinajstić information content (AvgIpc) is 3.14. The van der Waals surface area contributed by atoms with Gasteiger partial charge in [0.25, 0.3) is 0 Å². The van der Waals surface area contributed by atoms with E-state index in [9.17, 15) is 4.79 Å². The second kappa shape index (κ2) is 5.41. The highest BCUT2D eigenvalue weighted by molar-refractivity contribution is 7.98. The molecule has 0 unspecified atom stereocenters. The van der Waals surface area contributed by atoms with Gasteiger partial charge < -0.3 is 10.6 Å². The Bertz CT molecular complexity index is 251. The maximum absolute atomic E-state index is 12.2. The van der Waals surface area contributed by atoms with E-state index in [1.165, 1.54) is 25.7 Å². The molecule has 0 aromatic rings. The van der Waals surface area contributed by atoms with Crippen molar-refractivity contribution >= 4 is 17.7 Å². The molecule has 16 heavy (non-hydrogen) atoms. The molecular formula is C12H22N2OS. The summed E-state index contributed by atoms with van der Waals surface area (Å²) in [7, 11) is 0. The van der Waals surface area contributed by atoms with E-state index in [0.29, 0.717) is 6.04 Å². The summed E-state index contributed by atoms with van der Waals surface area (Å²) in [5.74, 6) is 1.95. The second-order valence-electron chi connectivity index (χ2n) is 5.05. The van der Waals surface area contributed by atoms with Gasteiger partial charge in [0.1, 0.15) is 0 Å². The molecule has 0 aliphatic heterocycles. The van der Waals surface area contributed by atoms with Gasteiger partial charge in [-0.15, -0.1) is 0 Å². The monoisotopic (exact) mass is 242 g/mol. The molecule has 0 bridgehead atoms. The molecule has 2 N–H and O–H groups in total. The Morgan fingerprint density at radius 2 is 2.12 bits per heavy atom. The van der Waals surface area contributed by atoms with Gasteiger partial charge in [-0.2, -0.15) is 11.8 Å². The number of nitrogens with two attached hydrogens (primary N) is 1. The fourth-order valence-electron chi connectivity index (χ4n) is 1.97. The lowest BCUT2D eigenvalue weighted by Crippen LogP contribution is -2.46. The minimum absolute atomic E-state index is 0.198. The Morgan fingerprint density at radius 3 is 2.62 bits per heavy atom. The highest BCUT2D eigenvalue weighted by Crippen LogP contribution is 2.35. The number of carbonyl (C=O) groups excluding carboxylic acids is 1. The van der Waals surface area contributed by atoms with Crippen molar-refractivity contribution in [2.45, 2.75) is 44.2 Å². The normalized spacial score (nSPS) is 21.9. The molecule has 0 radical (unpaired) electrons. The third-order valence-electron chi connectivity index (χ3n) is 3.37. The third kappa shape index (κ3) is 3.39. The van der Waals surface area contributed by atoms with E-state index in [0.717, 1.165) is 24.6 Å². The Kier molecular flexibility index (Phi) is 4.14. The van der Waals surface area contributed by atoms with Crippen molar-refractivity contribution in [2.75, 3.05) is 18.6 Å². The first-order valence-corrected chi connectivity index (χ1v) is 7.66. The smallest absolute Gasteiger partial charge is 0.239 e. The summed E-state index contributed by atoms with van der Waals surface area (Å²) < 4.78 is 0. The van der Waals surface area contributed by atoms with E-state index in [1.54, 1.807) is 11.8 Å². The van der Waals surface area contributed by atoms with Crippen LogP contribution in [-0.4, -0.2) is 41.4 Å². The van der Waals surface area contributed by atoms with Crippen LogP contribution in [0.3, 0.4) is 0 Å². The Labute approximate surface area is 102 Å². The van der Waals surface area contributed by atoms with E-state index >= 15 is 0 Å². The van der Waals surface area contributed by atoms with Crippen LogP contribution < -0.4 is 5.73 Å². The van der Waals surface area contributed by atoms with E-state index in [-0.39, 0.29) is 11.9 Å². The SMILES string of the molecule is CSCC[C@H](N)C(=O)N(CC1CC1)C1CC1. The average molecular weight is 242 g/mol. The van der Waals surface area contributed by atoms with Gasteiger partial charge in [0, 0.05) is 12.6 Å². The first kappa shape index (κ1) is 12.2. The quantitative estimate of drug-likeness (QED) is 0.735. The van der Waals surface area contributed by atoms with Crippen LogP contribution in [0.4, 0.5) is 0 Å². The Morgan fingerprint density at radius 1 is 1.44 bits per heavy atom. The summed E-state index contributed by atoms with van der Waals surface area (Å²) in [6, 6.07) is 0.250. The number of hydrogen-bond acceptors (Lipinski definition) is 3. The van der Waals surface area contributed by atoms with Gasteiger partial charge in [0.2, 0.25) is 5.91 Å². The standard InChI is InChI=1S/C12H22N2OS/c1-16-7-6-11(13)12(15)14(10-4-5-10)8-9-2-3-9/h9-11H,2-8,13H2,1H3/t11-/m0/s1. The van der Waals surface area contributed by atoms with Crippen LogP contribution in [0.1, 0.15) is 32.1 Å². The lowest BCUT2D eigenvalue weighted by molar-refractivity contribution is -0.133. The number of nitrogens with zero attached hydrogens (tertiary/aromatic N) is 1. The minimum atomic E-state index is -0.271. The molecule has 2 aliphatic carbocycles. The van der Waals surface area contributed by atoms with Gasteiger partial charge in [-0.1, -0.05) is 0 Å². The maximum atomic E-state index is 12.2. The fraction of sp³-hybridized carbons (Fsp3) is 0.917. The molecule has 0 aromatic heterocycles. The zero-order chi connectivity index (χ0) is 11.5.